The average Bonchev–Trinajstić information content (AvgIpc) is 2.87. The number of anilines is 1. The Hall–Kier alpha value is -3.44. The second-order valence-electron chi connectivity index (χ2n) is 9.06. The number of nitrogens with two attached hydrogens (primary N) is 1. The molecule has 1 heterocycles. The fourth-order valence-corrected chi connectivity index (χ4v) is 5.50. The molecule has 3 aromatic carbocycles. The first kappa shape index (κ1) is 31.8. The molecule has 0 fully saturated rings. The first-order valence-electron chi connectivity index (χ1n) is 11.7. The van der Waals surface area contributed by atoms with Crippen molar-refractivity contribution in [3.63, 3.8) is 0 Å². The lowest BCUT2D eigenvalue weighted by molar-refractivity contribution is 0.419. The third-order valence-corrected chi connectivity index (χ3v) is 7.95. The van der Waals surface area contributed by atoms with E-state index >= 15 is 0 Å². The Kier molecular flexibility index (Phi) is 10.7. The number of rotatable bonds is 9. The van der Waals surface area contributed by atoms with E-state index in [9.17, 15) is 13.2 Å². The van der Waals surface area contributed by atoms with E-state index in [0.717, 1.165) is 5.56 Å². The van der Waals surface area contributed by atoms with Crippen molar-refractivity contribution in [2.75, 3.05) is 31.5 Å². The summed E-state index contributed by atoms with van der Waals surface area (Å²) in [5.74, 6) is 0.494. The van der Waals surface area contributed by atoms with Crippen LogP contribution in [0.3, 0.4) is 0 Å². The molecule has 3 N–H and O–H groups in total. The van der Waals surface area contributed by atoms with Crippen LogP contribution in [0.1, 0.15) is 17.0 Å². The number of fused-ring (bicyclic) bond motifs is 1. The molecular formula is C27H32Cl2N6O3S. The number of benzene rings is 3. The number of hydrogen-bond donors (Lipinski definition) is 2. The lowest BCUT2D eigenvalue weighted by Gasteiger charge is -2.26. The van der Waals surface area contributed by atoms with Crippen LogP contribution in [-0.2, 0) is 16.6 Å². The predicted molar refractivity (Wildman–Crippen MR) is 161 cm³/mol. The number of nitrogen functional groups attached to an aromatic ring is 1. The monoisotopic (exact) mass is 590 g/mol. The van der Waals surface area contributed by atoms with Crippen molar-refractivity contribution in [1.29, 1.82) is 5.41 Å². The minimum absolute atomic E-state index is 0. The lowest BCUT2D eigenvalue weighted by atomic mass is 10.1. The van der Waals surface area contributed by atoms with Crippen LogP contribution in [0.15, 0.2) is 82.5 Å². The van der Waals surface area contributed by atoms with Crippen molar-refractivity contribution < 1.29 is 8.42 Å². The zero-order chi connectivity index (χ0) is 26.7. The highest BCUT2D eigenvalue weighted by Gasteiger charge is 2.25. The van der Waals surface area contributed by atoms with Gasteiger partial charge in [-0.3, -0.25) is 19.1 Å². The number of aryl methyl sites for hydroxylation is 1. The fourth-order valence-electron chi connectivity index (χ4n) is 4.03. The Bertz CT molecular complexity index is 1610. The summed E-state index contributed by atoms with van der Waals surface area (Å²) in [6.07, 6.45) is 0. The predicted octanol–water partition coefficient (Wildman–Crippen LogP) is 3.64. The number of halogens is 2. The standard InChI is InChI=1S/C27H30N6O3S.2ClH/c1-19-30-25-17-22(33(16-15-31(2)3)37(35,36)23-7-5-4-6-8-23)13-14-24(25)27(34)32(19)18-20-9-11-21(12-10-20)26(28)29;;/h4-14,17H,15-16,18H2,1-3H3,(H3,28,29);2*1H. The molecule has 0 spiro atoms. The van der Waals surface area contributed by atoms with Crippen molar-refractivity contribution in [3.8, 4) is 0 Å². The first-order chi connectivity index (χ1) is 17.6. The van der Waals surface area contributed by atoms with Crippen molar-refractivity contribution >= 4 is 57.3 Å². The zero-order valence-electron chi connectivity index (χ0n) is 21.9. The van der Waals surface area contributed by atoms with E-state index in [1.165, 1.54) is 4.31 Å². The number of hydrogen-bond acceptors (Lipinski definition) is 6. The van der Waals surface area contributed by atoms with Crippen LogP contribution in [0.5, 0.6) is 0 Å². The Morgan fingerprint density at radius 2 is 1.62 bits per heavy atom. The fraction of sp³-hybridized carbons (Fsp3) is 0.222. The van der Waals surface area contributed by atoms with Gasteiger partial charge in [-0.05, 0) is 56.9 Å². The highest BCUT2D eigenvalue weighted by Crippen LogP contribution is 2.26. The summed E-state index contributed by atoms with van der Waals surface area (Å²) >= 11 is 0. The Morgan fingerprint density at radius 1 is 0.974 bits per heavy atom. The van der Waals surface area contributed by atoms with Crippen LogP contribution in [0, 0.1) is 12.3 Å². The van der Waals surface area contributed by atoms with Crippen LogP contribution < -0.4 is 15.6 Å². The van der Waals surface area contributed by atoms with Gasteiger partial charge < -0.3 is 10.6 Å². The molecule has 9 nitrogen and oxygen atoms in total. The van der Waals surface area contributed by atoms with Crippen molar-refractivity contribution in [3.05, 3.63) is 100 Å². The summed E-state index contributed by atoms with van der Waals surface area (Å²) in [5.41, 5.74) is 7.68. The molecule has 4 aromatic rings. The first-order valence-corrected chi connectivity index (χ1v) is 13.2. The van der Waals surface area contributed by atoms with Gasteiger partial charge in [-0.1, -0.05) is 42.5 Å². The second-order valence-corrected chi connectivity index (χ2v) is 10.9. The minimum Gasteiger partial charge on any atom is -0.384 e. The molecule has 0 aliphatic rings. The van der Waals surface area contributed by atoms with E-state index in [0.29, 0.717) is 41.1 Å². The average molecular weight is 592 g/mol. The van der Waals surface area contributed by atoms with Gasteiger partial charge in [0.05, 0.1) is 28.0 Å². The molecule has 12 heteroatoms. The molecule has 39 heavy (non-hydrogen) atoms. The van der Waals surface area contributed by atoms with E-state index in [-0.39, 0.29) is 47.6 Å². The van der Waals surface area contributed by atoms with Gasteiger partial charge in [0.15, 0.2) is 0 Å². The number of nitrogens with one attached hydrogen (secondary N) is 1. The van der Waals surface area contributed by atoms with E-state index in [1.54, 1.807) is 72.2 Å². The van der Waals surface area contributed by atoms with Crippen LogP contribution >= 0.6 is 24.8 Å². The second kappa shape index (κ2) is 13.1. The maximum Gasteiger partial charge on any atom is 0.264 e. The normalized spacial score (nSPS) is 11.1. The maximum atomic E-state index is 13.5. The molecular weight excluding hydrogens is 559 g/mol. The minimum atomic E-state index is -3.83. The zero-order valence-corrected chi connectivity index (χ0v) is 24.3. The quantitative estimate of drug-likeness (QED) is 0.226. The Labute approximate surface area is 240 Å². The molecule has 0 saturated carbocycles. The molecule has 1 aromatic heterocycles. The van der Waals surface area contributed by atoms with Gasteiger partial charge >= 0.3 is 0 Å². The van der Waals surface area contributed by atoms with Gasteiger partial charge in [0, 0.05) is 18.7 Å². The summed E-state index contributed by atoms with van der Waals surface area (Å²) in [7, 11) is -0.0584. The van der Waals surface area contributed by atoms with Gasteiger partial charge in [0.2, 0.25) is 0 Å². The van der Waals surface area contributed by atoms with Gasteiger partial charge in [-0.25, -0.2) is 13.4 Å². The van der Waals surface area contributed by atoms with E-state index in [4.69, 9.17) is 11.1 Å². The summed E-state index contributed by atoms with van der Waals surface area (Å²) in [5, 5.41) is 7.94. The lowest BCUT2D eigenvalue weighted by Crippen LogP contribution is -2.36. The summed E-state index contributed by atoms with van der Waals surface area (Å²) in [4.78, 5) is 20.1. The number of likely N-dealkylation sites (N-methyl/N-ethyl adjacent to an activating group) is 1. The maximum absolute atomic E-state index is 13.5. The highest BCUT2D eigenvalue weighted by atomic mass is 35.5. The molecule has 0 unspecified atom stereocenters. The summed E-state index contributed by atoms with van der Waals surface area (Å²) in [6.45, 7) is 2.81. The van der Waals surface area contributed by atoms with Gasteiger partial charge in [-0.15, -0.1) is 24.8 Å². The van der Waals surface area contributed by atoms with E-state index in [1.807, 2.05) is 31.1 Å². The largest absolute Gasteiger partial charge is 0.384 e. The number of aromatic nitrogens is 2. The smallest absolute Gasteiger partial charge is 0.264 e. The number of nitrogens with zero attached hydrogens (tertiary/aromatic N) is 4. The van der Waals surface area contributed by atoms with Gasteiger partial charge in [0.1, 0.15) is 11.7 Å². The van der Waals surface area contributed by atoms with Crippen LogP contribution in [0.25, 0.3) is 10.9 Å². The molecule has 0 aliphatic carbocycles. The SMILES string of the molecule is Cc1nc2cc(N(CCN(C)C)S(=O)(=O)c3ccccc3)ccc2c(=O)n1Cc1ccc(C(=N)N)cc1.Cl.Cl. The molecule has 0 saturated heterocycles. The van der Waals surface area contributed by atoms with Crippen molar-refractivity contribution in [2.45, 2.75) is 18.4 Å². The van der Waals surface area contributed by atoms with Crippen LogP contribution in [0.4, 0.5) is 5.69 Å². The number of amidine groups is 1. The topological polar surface area (TPSA) is 125 Å². The van der Waals surface area contributed by atoms with E-state index < -0.39 is 10.0 Å². The molecule has 0 bridgehead atoms. The van der Waals surface area contributed by atoms with Crippen molar-refractivity contribution in [2.24, 2.45) is 5.73 Å². The summed E-state index contributed by atoms with van der Waals surface area (Å²) < 4.78 is 30.0. The highest BCUT2D eigenvalue weighted by molar-refractivity contribution is 7.92. The third-order valence-electron chi connectivity index (χ3n) is 6.10. The molecule has 0 amide bonds. The van der Waals surface area contributed by atoms with Gasteiger partial charge in [0.25, 0.3) is 15.6 Å². The molecule has 0 radical (unpaired) electrons. The third kappa shape index (κ3) is 6.96. The Morgan fingerprint density at radius 3 is 2.21 bits per heavy atom. The Balaban J connectivity index is 0.00000267. The van der Waals surface area contributed by atoms with Crippen molar-refractivity contribution in [1.82, 2.24) is 14.5 Å². The summed E-state index contributed by atoms with van der Waals surface area (Å²) in [6, 6.07) is 20.4. The van der Waals surface area contributed by atoms with Gasteiger partial charge in [-0.2, -0.15) is 0 Å². The van der Waals surface area contributed by atoms with Crippen LogP contribution in [-0.4, -0.2) is 55.9 Å². The van der Waals surface area contributed by atoms with E-state index in [2.05, 4.69) is 4.98 Å². The molecule has 0 atom stereocenters. The van der Waals surface area contributed by atoms with Crippen LogP contribution in [0.2, 0.25) is 0 Å². The molecule has 4 rings (SSSR count). The molecule has 0 aliphatic heterocycles. The number of sulfonamides is 1. The molecule has 208 valence electrons.